The number of nitrogens with zero attached hydrogens (tertiary/aromatic N) is 2. The minimum Gasteiger partial charge on any atom is -0.497 e. The van der Waals surface area contributed by atoms with Gasteiger partial charge in [-0.1, -0.05) is 44.2 Å². The Bertz CT molecular complexity index is 978. The van der Waals surface area contributed by atoms with E-state index >= 15 is 0 Å². The van der Waals surface area contributed by atoms with E-state index in [0.29, 0.717) is 5.92 Å². The predicted octanol–water partition coefficient (Wildman–Crippen LogP) is 5.00. The molecule has 4 rings (SSSR count). The van der Waals surface area contributed by atoms with Crippen LogP contribution in [0.2, 0.25) is 0 Å². The van der Waals surface area contributed by atoms with Crippen molar-refractivity contribution in [2.45, 2.75) is 56.6 Å². The monoisotopic (exact) mass is 464 g/mol. The predicted molar refractivity (Wildman–Crippen MR) is 136 cm³/mol. The molecule has 2 aromatic carbocycles. The number of likely N-dealkylation sites (tertiary alicyclic amines) is 1. The number of fused-ring (bicyclic) bond motifs is 1. The van der Waals surface area contributed by atoms with Gasteiger partial charge in [-0.3, -0.25) is 4.79 Å². The smallest absolute Gasteiger partial charge is 0.254 e. The van der Waals surface area contributed by atoms with Crippen LogP contribution in [0.4, 0.5) is 0 Å². The lowest BCUT2D eigenvalue weighted by Gasteiger charge is -2.60. The molecule has 1 heterocycles. The lowest BCUT2D eigenvalue weighted by atomic mass is 9.55. The van der Waals surface area contributed by atoms with Gasteiger partial charge < -0.3 is 19.3 Å². The first-order valence-electron chi connectivity index (χ1n) is 12.6. The third-order valence-corrected chi connectivity index (χ3v) is 8.08. The molecule has 1 aliphatic carbocycles. The number of piperidine rings is 1. The molecule has 1 aliphatic heterocycles. The number of amides is 1. The van der Waals surface area contributed by atoms with Crippen LogP contribution in [0, 0.1) is 5.92 Å². The summed E-state index contributed by atoms with van der Waals surface area (Å²) < 4.78 is 12.1. The number of ether oxygens (including phenoxy) is 2. The Labute approximate surface area is 205 Å². The van der Waals surface area contributed by atoms with E-state index in [0.717, 1.165) is 56.6 Å². The minimum absolute atomic E-state index is 0.137. The quantitative estimate of drug-likeness (QED) is 0.578. The molecule has 2 aliphatic rings. The first-order valence-corrected chi connectivity index (χ1v) is 12.6. The summed E-state index contributed by atoms with van der Waals surface area (Å²) >= 11 is 0. The second kappa shape index (κ2) is 10.1. The molecule has 1 saturated heterocycles. The number of carbonyl (C=O) groups excluding carboxylic acids is 1. The SMILES string of the molecule is COc1cccc(C23CCN(C)CC2(OC)CCC(N(CC(C)C)C(=O)c2ccccc2)C3)c1. The number of hydrogen-bond donors (Lipinski definition) is 0. The molecule has 34 heavy (non-hydrogen) atoms. The van der Waals surface area contributed by atoms with Crippen LogP contribution < -0.4 is 4.74 Å². The highest BCUT2D eigenvalue weighted by Crippen LogP contribution is 2.54. The van der Waals surface area contributed by atoms with Gasteiger partial charge in [0, 0.05) is 37.2 Å². The zero-order chi connectivity index (χ0) is 24.3. The van der Waals surface area contributed by atoms with Crippen LogP contribution in [0.25, 0.3) is 0 Å². The van der Waals surface area contributed by atoms with Gasteiger partial charge in [0.2, 0.25) is 0 Å². The molecule has 3 atom stereocenters. The van der Waals surface area contributed by atoms with Crippen LogP contribution in [0.1, 0.15) is 55.5 Å². The van der Waals surface area contributed by atoms with E-state index in [-0.39, 0.29) is 23.0 Å². The molecule has 0 aromatic heterocycles. The summed E-state index contributed by atoms with van der Waals surface area (Å²) in [7, 11) is 5.78. The highest BCUT2D eigenvalue weighted by Gasteiger charge is 2.59. The number of hydrogen-bond acceptors (Lipinski definition) is 4. The van der Waals surface area contributed by atoms with Gasteiger partial charge in [0.25, 0.3) is 5.91 Å². The van der Waals surface area contributed by atoms with E-state index < -0.39 is 0 Å². The highest BCUT2D eigenvalue weighted by atomic mass is 16.5. The van der Waals surface area contributed by atoms with Gasteiger partial charge in [0.15, 0.2) is 0 Å². The molecule has 184 valence electrons. The molecule has 1 saturated carbocycles. The average molecular weight is 465 g/mol. The van der Waals surface area contributed by atoms with E-state index in [1.807, 2.05) is 43.5 Å². The molecule has 2 fully saturated rings. The fourth-order valence-electron chi connectivity index (χ4n) is 6.40. The van der Waals surface area contributed by atoms with E-state index in [4.69, 9.17) is 9.47 Å². The summed E-state index contributed by atoms with van der Waals surface area (Å²) in [5.74, 6) is 1.40. The Morgan fingerprint density at radius 3 is 2.56 bits per heavy atom. The second-order valence-corrected chi connectivity index (χ2v) is 10.6. The maximum atomic E-state index is 13.7. The zero-order valence-corrected chi connectivity index (χ0v) is 21.4. The third kappa shape index (κ3) is 4.48. The number of carbonyl (C=O) groups is 1. The summed E-state index contributed by atoms with van der Waals surface area (Å²) in [6.07, 6.45) is 3.76. The van der Waals surface area contributed by atoms with Crippen molar-refractivity contribution in [1.82, 2.24) is 9.80 Å². The molecular weight excluding hydrogens is 424 g/mol. The Morgan fingerprint density at radius 2 is 1.88 bits per heavy atom. The molecule has 0 bridgehead atoms. The minimum atomic E-state index is -0.290. The maximum absolute atomic E-state index is 13.7. The van der Waals surface area contributed by atoms with Crippen molar-refractivity contribution in [2.75, 3.05) is 40.9 Å². The van der Waals surface area contributed by atoms with E-state index in [1.54, 1.807) is 7.11 Å². The van der Waals surface area contributed by atoms with Gasteiger partial charge in [-0.15, -0.1) is 0 Å². The molecule has 5 nitrogen and oxygen atoms in total. The standard InChI is InChI=1S/C29H40N2O3/c1-22(2)20-31(27(32)23-10-7-6-8-11-23)25-14-15-29(34-5)21-30(3)17-16-28(29,19-25)24-12-9-13-26(18-24)33-4/h6-13,18,22,25H,14-17,19-21H2,1-5H3. The molecule has 0 spiro atoms. The summed E-state index contributed by atoms with van der Waals surface area (Å²) in [5, 5.41) is 0. The van der Waals surface area contributed by atoms with Crippen LogP contribution in [0.3, 0.4) is 0 Å². The van der Waals surface area contributed by atoms with E-state index in [1.165, 1.54) is 5.56 Å². The van der Waals surface area contributed by atoms with Gasteiger partial charge in [0.05, 0.1) is 12.7 Å². The summed E-state index contributed by atoms with van der Waals surface area (Å²) in [6.45, 7) is 7.05. The van der Waals surface area contributed by atoms with Crippen molar-refractivity contribution < 1.29 is 14.3 Å². The number of likely N-dealkylation sites (N-methyl/N-ethyl adjacent to an activating group) is 1. The molecule has 0 N–H and O–H groups in total. The number of methoxy groups -OCH3 is 2. The highest BCUT2D eigenvalue weighted by molar-refractivity contribution is 5.94. The second-order valence-electron chi connectivity index (χ2n) is 10.6. The molecule has 1 amide bonds. The van der Waals surface area contributed by atoms with Crippen LogP contribution in [0.5, 0.6) is 5.75 Å². The van der Waals surface area contributed by atoms with E-state index in [2.05, 4.69) is 48.9 Å². The van der Waals surface area contributed by atoms with Crippen molar-refractivity contribution in [3.63, 3.8) is 0 Å². The van der Waals surface area contributed by atoms with E-state index in [9.17, 15) is 4.79 Å². The van der Waals surface area contributed by atoms with Crippen molar-refractivity contribution in [1.29, 1.82) is 0 Å². The normalized spacial score (nSPS) is 27.3. The lowest BCUT2D eigenvalue weighted by Crippen LogP contribution is -2.67. The first-order chi connectivity index (χ1) is 16.3. The summed E-state index contributed by atoms with van der Waals surface area (Å²) in [6, 6.07) is 18.4. The summed E-state index contributed by atoms with van der Waals surface area (Å²) in [4.78, 5) is 18.3. The van der Waals surface area contributed by atoms with Crippen molar-refractivity contribution in [2.24, 2.45) is 5.92 Å². The largest absolute Gasteiger partial charge is 0.497 e. The van der Waals surface area contributed by atoms with Gasteiger partial charge >= 0.3 is 0 Å². The van der Waals surface area contributed by atoms with Crippen LogP contribution in [-0.4, -0.2) is 68.3 Å². The molecule has 2 aromatic rings. The summed E-state index contributed by atoms with van der Waals surface area (Å²) in [5.41, 5.74) is 1.56. The van der Waals surface area contributed by atoms with Crippen LogP contribution in [-0.2, 0) is 10.2 Å². The van der Waals surface area contributed by atoms with Crippen molar-refractivity contribution >= 4 is 5.91 Å². The number of rotatable bonds is 7. The van der Waals surface area contributed by atoms with Gasteiger partial charge in [-0.2, -0.15) is 0 Å². The molecular formula is C29H40N2O3. The topological polar surface area (TPSA) is 42.0 Å². The Hall–Kier alpha value is -2.37. The molecule has 3 unspecified atom stereocenters. The maximum Gasteiger partial charge on any atom is 0.254 e. The van der Waals surface area contributed by atoms with Crippen molar-refractivity contribution in [3.05, 3.63) is 65.7 Å². The molecule has 5 heteroatoms. The molecule has 0 radical (unpaired) electrons. The number of benzene rings is 2. The van der Waals surface area contributed by atoms with Gasteiger partial charge in [-0.05, 0) is 75.0 Å². The van der Waals surface area contributed by atoms with Gasteiger partial charge in [0.1, 0.15) is 5.75 Å². The van der Waals surface area contributed by atoms with Crippen LogP contribution in [0.15, 0.2) is 54.6 Å². The fraction of sp³-hybridized carbons (Fsp3) is 0.552. The fourth-order valence-corrected chi connectivity index (χ4v) is 6.40. The zero-order valence-electron chi connectivity index (χ0n) is 21.4. The average Bonchev–Trinajstić information content (AvgIpc) is 2.87. The Morgan fingerprint density at radius 1 is 1.12 bits per heavy atom. The van der Waals surface area contributed by atoms with Gasteiger partial charge in [-0.25, -0.2) is 0 Å². The lowest BCUT2D eigenvalue weighted by molar-refractivity contribution is -0.150. The Kier molecular flexibility index (Phi) is 7.34. The third-order valence-electron chi connectivity index (χ3n) is 8.08. The Balaban J connectivity index is 1.77. The first kappa shape index (κ1) is 24.7. The van der Waals surface area contributed by atoms with Crippen molar-refractivity contribution in [3.8, 4) is 5.75 Å². The van der Waals surface area contributed by atoms with Crippen LogP contribution >= 0.6 is 0 Å².